The van der Waals surface area contributed by atoms with Crippen molar-refractivity contribution in [3.8, 4) is 5.69 Å². The first kappa shape index (κ1) is 17.2. The minimum absolute atomic E-state index is 0.685. The Labute approximate surface area is 146 Å². The molecule has 1 fully saturated rings. The second-order valence-electron chi connectivity index (χ2n) is 6.77. The molecular weight excluding hydrogens is 296 g/mol. The maximum absolute atomic E-state index is 4.72. The van der Waals surface area contributed by atoms with Gasteiger partial charge in [-0.3, -0.25) is 4.90 Å². The van der Waals surface area contributed by atoms with E-state index in [9.17, 15) is 0 Å². The molecule has 3 rings (SSSR count). The van der Waals surface area contributed by atoms with Crippen molar-refractivity contribution in [3.63, 3.8) is 0 Å². The van der Waals surface area contributed by atoms with E-state index in [2.05, 4.69) is 61.0 Å². The number of likely N-dealkylation sites (N-methyl/N-ethyl adjacent to an activating group) is 1. The van der Waals surface area contributed by atoms with Gasteiger partial charge in [-0.1, -0.05) is 32.0 Å². The number of hydrogen-bond donors (Lipinski definition) is 0. The maximum Gasteiger partial charge on any atom is 0.0645 e. The lowest BCUT2D eigenvalue weighted by molar-refractivity contribution is 0.175. The molecule has 1 atom stereocenters. The van der Waals surface area contributed by atoms with Crippen LogP contribution in [-0.2, 0) is 6.54 Å². The van der Waals surface area contributed by atoms with Crippen molar-refractivity contribution >= 4 is 0 Å². The molecule has 0 amide bonds. The minimum Gasteiger partial charge on any atom is -0.302 e. The average Bonchev–Trinajstić information content (AvgIpc) is 3.20. The second-order valence-corrected chi connectivity index (χ2v) is 6.77. The molecule has 4 nitrogen and oxygen atoms in total. The van der Waals surface area contributed by atoms with Gasteiger partial charge in [-0.15, -0.1) is 0 Å². The van der Waals surface area contributed by atoms with Crippen LogP contribution in [0, 0.1) is 6.92 Å². The summed E-state index contributed by atoms with van der Waals surface area (Å²) in [5.41, 5.74) is 3.63. The van der Waals surface area contributed by atoms with E-state index in [0.29, 0.717) is 6.04 Å². The number of hydrogen-bond acceptors (Lipinski definition) is 3. The Morgan fingerprint density at radius 3 is 2.62 bits per heavy atom. The molecule has 1 unspecified atom stereocenters. The predicted molar refractivity (Wildman–Crippen MR) is 99.5 cm³/mol. The van der Waals surface area contributed by atoms with Gasteiger partial charge < -0.3 is 4.90 Å². The van der Waals surface area contributed by atoms with E-state index < -0.39 is 0 Å². The molecular formula is C20H30N4. The molecule has 1 aromatic carbocycles. The summed E-state index contributed by atoms with van der Waals surface area (Å²) in [4.78, 5) is 5.20. The summed E-state index contributed by atoms with van der Waals surface area (Å²) in [5, 5.41) is 4.72. The molecule has 4 heteroatoms. The number of nitrogens with zero attached hydrogens (tertiary/aromatic N) is 4. The molecule has 1 aromatic heterocycles. The van der Waals surface area contributed by atoms with Gasteiger partial charge in [-0.05, 0) is 51.5 Å². The fourth-order valence-corrected chi connectivity index (χ4v) is 3.67. The van der Waals surface area contributed by atoms with E-state index in [-0.39, 0.29) is 0 Å². The van der Waals surface area contributed by atoms with E-state index >= 15 is 0 Å². The highest BCUT2D eigenvalue weighted by molar-refractivity contribution is 5.32. The van der Waals surface area contributed by atoms with Crippen LogP contribution in [0.25, 0.3) is 5.69 Å². The van der Waals surface area contributed by atoms with Gasteiger partial charge in [-0.25, -0.2) is 4.68 Å². The second kappa shape index (κ2) is 7.95. The monoisotopic (exact) mass is 326 g/mol. The Balaban J connectivity index is 1.70. The van der Waals surface area contributed by atoms with Crippen LogP contribution in [0.15, 0.2) is 36.5 Å². The number of aromatic nitrogens is 2. The Morgan fingerprint density at radius 2 is 1.92 bits per heavy atom. The molecule has 1 aliphatic rings. The fourth-order valence-electron chi connectivity index (χ4n) is 3.67. The predicted octanol–water partition coefficient (Wildman–Crippen LogP) is 3.49. The molecule has 0 aliphatic carbocycles. The number of benzene rings is 1. The summed E-state index contributed by atoms with van der Waals surface area (Å²) >= 11 is 0. The van der Waals surface area contributed by atoms with Crippen molar-refractivity contribution in [2.24, 2.45) is 0 Å². The molecule has 0 saturated carbocycles. The molecule has 2 aromatic rings. The summed E-state index contributed by atoms with van der Waals surface area (Å²) in [5.74, 6) is 0. The van der Waals surface area contributed by atoms with Crippen molar-refractivity contribution in [2.75, 3.05) is 26.2 Å². The third-order valence-electron chi connectivity index (χ3n) is 5.26. The quantitative estimate of drug-likeness (QED) is 0.778. The van der Waals surface area contributed by atoms with Crippen LogP contribution in [0.2, 0.25) is 0 Å². The lowest BCUT2D eigenvalue weighted by Crippen LogP contribution is -2.40. The first-order valence-corrected chi connectivity index (χ1v) is 9.28. The smallest absolute Gasteiger partial charge is 0.0645 e. The van der Waals surface area contributed by atoms with Crippen LogP contribution in [-0.4, -0.2) is 51.8 Å². The zero-order valence-corrected chi connectivity index (χ0v) is 15.3. The zero-order valence-electron chi connectivity index (χ0n) is 15.3. The van der Waals surface area contributed by atoms with Gasteiger partial charge in [0.05, 0.1) is 11.4 Å². The SMILES string of the molecule is CCN(CC)CC1CCCN1Cc1cn(-c2ccccc2)nc1C. The topological polar surface area (TPSA) is 24.3 Å². The Kier molecular flexibility index (Phi) is 5.69. The highest BCUT2D eigenvalue weighted by Crippen LogP contribution is 2.22. The Morgan fingerprint density at radius 1 is 1.17 bits per heavy atom. The van der Waals surface area contributed by atoms with Gasteiger partial charge in [0, 0.05) is 30.9 Å². The number of aryl methyl sites for hydroxylation is 1. The molecule has 1 saturated heterocycles. The van der Waals surface area contributed by atoms with Crippen LogP contribution in [0.4, 0.5) is 0 Å². The first-order chi connectivity index (χ1) is 11.7. The molecule has 0 radical (unpaired) electrons. The van der Waals surface area contributed by atoms with Crippen LogP contribution in [0.5, 0.6) is 0 Å². The van der Waals surface area contributed by atoms with E-state index in [1.54, 1.807) is 0 Å². The van der Waals surface area contributed by atoms with Crippen molar-refractivity contribution in [2.45, 2.75) is 46.2 Å². The molecule has 2 heterocycles. The highest BCUT2D eigenvalue weighted by atomic mass is 15.3. The lowest BCUT2D eigenvalue weighted by Gasteiger charge is -2.29. The van der Waals surface area contributed by atoms with Crippen molar-refractivity contribution in [1.29, 1.82) is 0 Å². The third-order valence-corrected chi connectivity index (χ3v) is 5.26. The van der Waals surface area contributed by atoms with Crippen LogP contribution < -0.4 is 0 Å². The average molecular weight is 326 g/mol. The van der Waals surface area contributed by atoms with E-state index in [1.807, 2.05) is 10.7 Å². The lowest BCUT2D eigenvalue weighted by atomic mass is 10.2. The van der Waals surface area contributed by atoms with Crippen LogP contribution >= 0.6 is 0 Å². The molecule has 0 bridgehead atoms. The summed E-state index contributed by atoms with van der Waals surface area (Å²) < 4.78 is 2.01. The standard InChI is InChI=1S/C20H30N4/c1-4-22(5-2)16-20-12-9-13-23(20)14-18-15-24(21-17(18)3)19-10-7-6-8-11-19/h6-8,10-11,15,20H,4-5,9,12-14,16H2,1-3H3. The zero-order chi connectivity index (χ0) is 16.9. The molecule has 1 aliphatic heterocycles. The summed E-state index contributed by atoms with van der Waals surface area (Å²) in [6.07, 6.45) is 4.84. The minimum atomic E-state index is 0.685. The highest BCUT2D eigenvalue weighted by Gasteiger charge is 2.26. The van der Waals surface area contributed by atoms with Crippen molar-refractivity contribution < 1.29 is 0 Å². The van der Waals surface area contributed by atoms with E-state index in [4.69, 9.17) is 5.10 Å². The number of para-hydroxylation sites is 1. The Hall–Kier alpha value is -1.65. The normalized spacial score (nSPS) is 18.6. The summed E-state index contributed by atoms with van der Waals surface area (Å²) in [6.45, 7) is 12.4. The fraction of sp³-hybridized carbons (Fsp3) is 0.550. The van der Waals surface area contributed by atoms with Gasteiger partial charge in [-0.2, -0.15) is 5.10 Å². The number of likely N-dealkylation sites (tertiary alicyclic amines) is 1. The van der Waals surface area contributed by atoms with Gasteiger partial charge in [0.25, 0.3) is 0 Å². The van der Waals surface area contributed by atoms with Crippen molar-refractivity contribution in [3.05, 3.63) is 47.8 Å². The summed E-state index contributed by atoms with van der Waals surface area (Å²) in [6, 6.07) is 11.1. The largest absolute Gasteiger partial charge is 0.302 e. The van der Waals surface area contributed by atoms with E-state index in [1.165, 1.54) is 31.5 Å². The van der Waals surface area contributed by atoms with Gasteiger partial charge in [0.15, 0.2) is 0 Å². The Bertz CT molecular complexity index is 630. The van der Waals surface area contributed by atoms with Crippen LogP contribution in [0.1, 0.15) is 37.9 Å². The van der Waals surface area contributed by atoms with Gasteiger partial charge in [0.2, 0.25) is 0 Å². The molecule has 24 heavy (non-hydrogen) atoms. The molecule has 0 spiro atoms. The summed E-state index contributed by atoms with van der Waals surface area (Å²) in [7, 11) is 0. The van der Waals surface area contributed by atoms with Gasteiger partial charge >= 0.3 is 0 Å². The van der Waals surface area contributed by atoms with E-state index in [0.717, 1.165) is 31.0 Å². The maximum atomic E-state index is 4.72. The molecule has 130 valence electrons. The van der Waals surface area contributed by atoms with Crippen molar-refractivity contribution in [1.82, 2.24) is 19.6 Å². The number of rotatable bonds is 7. The van der Waals surface area contributed by atoms with Gasteiger partial charge in [0.1, 0.15) is 0 Å². The first-order valence-electron chi connectivity index (χ1n) is 9.28. The van der Waals surface area contributed by atoms with Crippen LogP contribution in [0.3, 0.4) is 0 Å². The third kappa shape index (κ3) is 3.87. The molecule has 0 N–H and O–H groups in total.